The lowest BCUT2D eigenvalue weighted by Gasteiger charge is -1.92. The zero-order chi connectivity index (χ0) is 7.84. The van der Waals surface area contributed by atoms with Crippen LogP contribution in [0.4, 0.5) is 5.82 Å². The fourth-order valence-electron chi connectivity index (χ4n) is 0.935. The highest BCUT2D eigenvalue weighted by atomic mass is 127. The van der Waals surface area contributed by atoms with Gasteiger partial charge in [-0.25, -0.2) is 9.97 Å². The number of fused-ring (bicyclic) bond motifs is 1. The first-order valence-corrected chi connectivity index (χ1v) is 3.99. The Labute approximate surface area is 76.9 Å². The molecule has 0 bridgehead atoms. The third-order valence-electron chi connectivity index (χ3n) is 1.45. The Balaban J connectivity index is 2.94. The number of anilines is 1. The molecule has 0 amide bonds. The molecule has 2 aromatic rings. The zero-order valence-electron chi connectivity index (χ0n) is 5.53. The van der Waals surface area contributed by atoms with Crippen LogP contribution in [-0.4, -0.2) is 12.7 Å². The summed E-state index contributed by atoms with van der Waals surface area (Å²) in [5.41, 5.74) is 7.34. The number of nitrogens with zero attached hydrogens (tertiary/aromatic N) is 3. The molecule has 11 heavy (non-hydrogen) atoms. The second-order valence-electron chi connectivity index (χ2n) is 2.12. The van der Waals surface area contributed by atoms with E-state index in [0.29, 0.717) is 5.82 Å². The minimum absolute atomic E-state index is 0.484. The number of halogens is 1. The number of aromatic nitrogens is 3. The molecule has 0 aromatic carbocycles. The number of pyridine rings is 1. The van der Waals surface area contributed by atoms with Crippen LogP contribution in [-0.2, 0) is 0 Å². The summed E-state index contributed by atoms with van der Waals surface area (Å²) in [5.74, 6) is 0.484. The van der Waals surface area contributed by atoms with Crippen molar-refractivity contribution >= 4 is 39.7 Å². The quantitative estimate of drug-likeness (QED) is 0.724. The average Bonchev–Trinajstić information content (AvgIpc) is 2.35. The van der Waals surface area contributed by atoms with E-state index in [9.17, 15) is 0 Å². The topological polar surface area (TPSA) is 56.7 Å². The fraction of sp³-hybridized carbons (Fsp3) is 0. The lowest BCUT2D eigenvalue weighted by molar-refractivity contribution is 1.31. The minimum atomic E-state index is 0.484. The van der Waals surface area contributed by atoms with E-state index < -0.39 is 0 Å². The molecule has 4 nitrogen and oxygen atoms in total. The Morgan fingerprint density at radius 2 is 2.27 bits per heavy atom. The molecule has 0 aliphatic carbocycles. The molecule has 0 aliphatic heterocycles. The van der Waals surface area contributed by atoms with Crippen molar-refractivity contribution in [2.24, 2.45) is 0 Å². The van der Waals surface area contributed by atoms with Crippen LogP contribution in [0.3, 0.4) is 0 Å². The summed E-state index contributed by atoms with van der Waals surface area (Å²) in [6.45, 7) is 0. The minimum Gasteiger partial charge on any atom is -0.382 e. The number of nitrogens with two attached hydrogens (primary N) is 1. The molecule has 0 unspecified atom stereocenters. The maximum absolute atomic E-state index is 5.58. The van der Waals surface area contributed by atoms with Gasteiger partial charge in [0.1, 0.15) is 11.8 Å². The molecular weight excluding hydrogens is 255 g/mol. The van der Waals surface area contributed by atoms with E-state index >= 15 is 0 Å². The van der Waals surface area contributed by atoms with Crippen LogP contribution in [0.25, 0.3) is 11.0 Å². The Morgan fingerprint density at radius 3 is 3.00 bits per heavy atom. The monoisotopic (exact) mass is 260 g/mol. The van der Waals surface area contributed by atoms with Gasteiger partial charge in [0.05, 0.1) is 28.4 Å². The van der Waals surface area contributed by atoms with Gasteiger partial charge in [-0.3, -0.25) is 2.78 Å². The lowest BCUT2D eigenvalue weighted by atomic mass is 10.4. The number of rotatable bonds is 0. The maximum Gasteiger partial charge on any atom is 0.151 e. The van der Waals surface area contributed by atoms with Crippen molar-refractivity contribution in [2.75, 3.05) is 5.73 Å². The molecule has 0 spiro atoms. The fourth-order valence-corrected chi connectivity index (χ4v) is 1.45. The first kappa shape index (κ1) is 6.84. The molecule has 0 aliphatic rings. The van der Waals surface area contributed by atoms with E-state index in [1.165, 1.54) is 0 Å². The Kier molecular flexibility index (Phi) is 1.45. The van der Waals surface area contributed by atoms with Crippen LogP contribution in [0.5, 0.6) is 0 Å². The molecule has 2 aromatic heterocycles. The van der Waals surface area contributed by atoms with E-state index in [1.54, 1.807) is 12.5 Å². The zero-order valence-corrected chi connectivity index (χ0v) is 7.69. The molecule has 5 heteroatoms. The first-order chi connectivity index (χ1) is 5.29. The van der Waals surface area contributed by atoms with Crippen LogP contribution < -0.4 is 5.73 Å². The van der Waals surface area contributed by atoms with Crippen LogP contribution in [0.2, 0.25) is 0 Å². The molecule has 2 rings (SSSR count). The summed E-state index contributed by atoms with van der Waals surface area (Å²) in [5, 5.41) is 0. The normalized spacial score (nSPS) is 10.6. The van der Waals surface area contributed by atoms with Crippen molar-refractivity contribution in [1.29, 1.82) is 0 Å². The largest absolute Gasteiger partial charge is 0.382 e. The molecule has 2 heterocycles. The van der Waals surface area contributed by atoms with Crippen LogP contribution in [0.1, 0.15) is 0 Å². The smallest absolute Gasteiger partial charge is 0.151 e. The average molecular weight is 260 g/mol. The maximum atomic E-state index is 5.58. The van der Waals surface area contributed by atoms with Crippen LogP contribution in [0.15, 0.2) is 18.6 Å². The van der Waals surface area contributed by atoms with Gasteiger partial charge in [-0.2, -0.15) is 0 Å². The van der Waals surface area contributed by atoms with E-state index in [4.69, 9.17) is 5.73 Å². The summed E-state index contributed by atoms with van der Waals surface area (Å²) in [6.07, 6.45) is 3.39. The van der Waals surface area contributed by atoms with E-state index in [0.717, 1.165) is 11.0 Å². The van der Waals surface area contributed by atoms with Gasteiger partial charge in [0.25, 0.3) is 0 Å². The predicted octanol–water partition coefficient (Wildman–Crippen LogP) is 1.21. The molecule has 56 valence electrons. The number of nitrogen functional groups attached to an aromatic ring is 1. The third-order valence-corrected chi connectivity index (χ3v) is 2.22. The molecule has 0 saturated heterocycles. The molecule has 0 fully saturated rings. The van der Waals surface area contributed by atoms with Gasteiger partial charge in [-0.05, 0) is 6.07 Å². The number of hydrogen-bond acceptors (Lipinski definition) is 3. The van der Waals surface area contributed by atoms with Gasteiger partial charge in [0.2, 0.25) is 0 Å². The van der Waals surface area contributed by atoms with Crippen molar-refractivity contribution in [1.82, 2.24) is 12.7 Å². The lowest BCUT2D eigenvalue weighted by Crippen LogP contribution is -1.90. The summed E-state index contributed by atoms with van der Waals surface area (Å²) in [7, 11) is 0. The predicted molar refractivity (Wildman–Crippen MR) is 51.4 cm³/mol. The molecule has 0 radical (unpaired) electrons. The van der Waals surface area contributed by atoms with E-state index in [2.05, 4.69) is 32.8 Å². The Hall–Kier alpha value is -0.850. The Bertz CT molecular complexity index is 394. The first-order valence-electron chi connectivity index (χ1n) is 3.03. The van der Waals surface area contributed by atoms with Gasteiger partial charge in [-0.15, -0.1) is 0 Å². The second kappa shape index (κ2) is 2.33. The molecule has 0 atom stereocenters. The third kappa shape index (κ3) is 0.953. The standard InChI is InChI=1S/C6H5IN4/c7-11-3-10-5-4(11)1-2-9-6(5)8/h1-3H,(H2,8,9). The van der Waals surface area contributed by atoms with Crippen molar-refractivity contribution in [2.45, 2.75) is 0 Å². The molecule has 0 saturated carbocycles. The van der Waals surface area contributed by atoms with Crippen LogP contribution in [0, 0.1) is 0 Å². The summed E-state index contributed by atoms with van der Waals surface area (Å²) >= 11 is 2.14. The van der Waals surface area contributed by atoms with Crippen molar-refractivity contribution < 1.29 is 0 Å². The van der Waals surface area contributed by atoms with Gasteiger partial charge >= 0.3 is 0 Å². The highest BCUT2D eigenvalue weighted by Crippen LogP contribution is 2.17. The Morgan fingerprint density at radius 1 is 1.45 bits per heavy atom. The summed E-state index contributed by atoms with van der Waals surface area (Å²) in [4.78, 5) is 8.01. The van der Waals surface area contributed by atoms with Crippen LogP contribution >= 0.6 is 22.9 Å². The summed E-state index contributed by atoms with van der Waals surface area (Å²) < 4.78 is 1.88. The molecular formula is C6H5IN4. The SMILES string of the molecule is Nc1nccc2c1ncn2I. The van der Waals surface area contributed by atoms with E-state index in [-0.39, 0.29) is 0 Å². The van der Waals surface area contributed by atoms with Crippen molar-refractivity contribution in [3.05, 3.63) is 18.6 Å². The number of hydrogen-bond donors (Lipinski definition) is 1. The van der Waals surface area contributed by atoms with Gasteiger partial charge in [-0.1, -0.05) is 0 Å². The van der Waals surface area contributed by atoms with Gasteiger partial charge < -0.3 is 5.73 Å². The highest BCUT2D eigenvalue weighted by Gasteiger charge is 2.02. The van der Waals surface area contributed by atoms with E-state index in [1.807, 2.05) is 8.85 Å². The second-order valence-corrected chi connectivity index (χ2v) is 3.16. The van der Waals surface area contributed by atoms with Gasteiger partial charge in [0.15, 0.2) is 5.82 Å². The van der Waals surface area contributed by atoms with Crippen molar-refractivity contribution in [3.63, 3.8) is 0 Å². The van der Waals surface area contributed by atoms with Gasteiger partial charge in [0, 0.05) is 6.20 Å². The highest BCUT2D eigenvalue weighted by molar-refractivity contribution is 14.1. The molecule has 2 N–H and O–H groups in total. The number of imidazole rings is 1. The summed E-state index contributed by atoms with van der Waals surface area (Å²) in [6, 6.07) is 1.88. The van der Waals surface area contributed by atoms with Crippen molar-refractivity contribution in [3.8, 4) is 0 Å².